The van der Waals surface area contributed by atoms with Crippen molar-refractivity contribution in [2.45, 2.75) is 30.2 Å². The SMILES string of the molecule is CCOC(=O)/C(CN(OCc1ccccc1)C(=O)[C@H](C)Br)=C(\NS(=O)(=O)c1ccccc1)c1ccccc1. The van der Waals surface area contributed by atoms with Crippen molar-refractivity contribution in [1.29, 1.82) is 0 Å². The van der Waals surface area contributed by atoms with Crippen LogP contribution in [0.3, 0.4) is 0 Å². The fraction of sp³-hybridized carbons (Fsp3) is 0.214. The molecule has 10 heteroatoms. The Balaban J connectivity index is 2.11. The highest BCUT2D eigenvalue weighted by molar-refractivity contribution is 9.10. The first-order chi connectivity index (χ1) is 18.2. The zero-order chi connectivity index (χ0) is 27.5. The summed E-state index contributed by atoms with van der Waals surface area (Å²) in [4.78, 5) is 31.6. The van der Waals surface area contributed by atoms with Gasteiger partial charge in [-0.2, -0.15) is 0 Å². The Morgan fingerprint density at radius 1 is 0.921 bits per heavy atom. The van der Waals surface area contributed by atoms with Crippen LogP contribution in [-0.2, 0) is 35.8 Å². The second-order valence-electron chi connectivity index (χ2n) is 8.11. The summed E-state index contributed by atoms with van der Waals surface area (Å²) in [7, 11) is -4.10. The molecule has 38 heavy (non-hydrogen) atoms. The first-order valence-corrected chi connectivity index (χ1v) is 14.3. The number of hydrogen-bond donors (Lipinski definition) is 1. The average molecular weight is 602 g/mol. The van der Waals surface area contributed by atoms with Crippen molar-refractivity contribution in [2.75, 3.05) is 13.2 Å². The third kappa shape index (κ3) is 8.01. The molecule has 0 fully saturated rings. The second-order valence-corrected chi connectivity index (χ2v) is 11.2. The summed E-state index contributed by atoms with van der Waals surface area (Å²) < 4.78 is 34.5. The molecule has 0 spiro atoms. The molecule has 1 amide bonds. The minimum absolute atomic E-state index is 0.0129. The van der Waals surface area contributed by atoms with Gasteiger partial charge in [-0.05, 0) is 37.1 Å². The standard InChI is InChI=1S/C28H29BrN2O6S/c1-3-36-28(33)25(19-31(27(32)21(2)29)37-20-22-13-7-4-8-14-22)26(23-15-9-5-10-16-23)30-38(34,35)24-17-11-6-12-18-24/h4-18,21,30H,3,19-20H2,1-2H3/b26-25-/t21-/m0/s1. The zero-order valence-electron chi connectivity index (χ0n) is 21.0. The van der Waals surface area contributed by atoms with Gasteiger partial charge in [-0.15, -0.1) is 0 Å². The van der Waals surface area contributed by atoms with E-state index in [9.17, 15) is 18.0 Å². The van der Waals surface area contributed by atoms with E-state index in [4.69, 9.17) is 9.57 Å². The van der Waals surface area contributed by atoms with Crippen LogP contribution in [0.15, 0.2) is 101 Å². The van der Waals surface area contributed by atoms with Gasteiger partial charge in [0.1, 0.15) is 6.61 Å². The van der Waals surface area contributed by atoms with Crippen molar-refractivity contribution in [1.82, 2.24) is 9.79 Å². The van der Waals surface area contributed by atoms with Crippen LogP contribution in [-0.4, -0.2) is 43.3 Å². The highest BCUT2D eigenvalue weighted by Crippen LogP contribution is 2.23. The van der Waals surface area contributed by atoms with Gasteiger partial charge in [0.15, 0.2) is 0 Å². The Morgan fingerprint density at radius 3 is 2.03 bits per heavy atom. The number of carbonyl (C=O) groups is 2. The largest absolute Gasteiger partial charge is 0.463 e. The van der Waals surface area contributed by atoms with Gasteiger partial charge in [-0.3, -0.25) is 14.4 Å². The summed E-state index contributed by atoms with van der Waals surface area (Å²) in [5.74, 6) is -1.24. The average Bonchev–Trinajstić information content (AvgIpc) is 2.93. The lowest BCUT2D eigenvalue weighted by Gasteiger charge is -2.26. The number of rotatable bonds is 12. The fourth-order valence-electron chi connectivity index (χ4n) is 3.41. The summed E-state index contributed by atoms with van der Waals surface area (Å²) in [5.41, 5.74) is 1.11. The molecule has 3 aromatic rings. The normalized spacial score (nSPS) is 12.7. The van der Waals surface area contributed by atoms with Crippen molar-refractivity contribution in [3.8, 4) is 0 Å². The number of esters is 1. The van der Waals surface area contributed by atoms with Crippen LogP contribution in [0.25, 0.3) is 5.70 Å². The molecule has 1 atom stereocenters. The molecular formula is C28H29BrN2O6S. The summed E-state index contributed by atoms with van der Waals surface area (Å²) in [6.45, 7) is 3.00. The van der Waals surface area contributed by atoms with Crippen LogP contribution in [0.1, 0.15) is 25.0 Å². The number of halogens is 1. The van der Waals surface area contributed by atoms with E-state index < -0.39 is 26.7 Å². The molecule has 0 unspecified atom stereocenters. The van der Waals surface area contributed by atoms with Crippen molar-refractivity contribution in [2.24, 2.45) is 0 Å². The molecule has 0 aliphatic carbocycles. The Labute approximate surface area is 231 Å². The molecule has 1 N–H and O–H groups in total. The predicted octanol–water partition coefficient (Wildman–Crippen LogP) is 4.68. The molecule has 0 aliphatic heterocycles. The van der Waals surface area contributed by atoms with E-state index >= 15 is 0 Å². The Morgan fingerprint density at radius 2 is 1.47 bits per heavy atom. The molecule has 200 valence electrons. The van der Waals surface area contributed by atoms with Gasteiger partial charge in [-0.25, -0.2) is 18.3 Å². The maximum absolute atomic E-state index is 13.3. The van der Waals surface area contributed by atoms with E-state index in [-0.39, 0.29) is 35.9 Å². The van der Waals surface area contributed by atoms with Crippen molar-refractivity contribution >= 4 is 43.5 Å². The molecule has 8 nitrogen and oxygen atoms in total. The summed E-state index contributed by atoms with van der Waals surface area (Å²) in [6.07, 6.45) is 0. The number of hydroxylamine groups is 2. The smallest absolute Gasteiger partial charge is 0.338 e. The van der Waals surface area contributed by atoms with E-state index in [1.165, 1.54) is 12.1 Å². The molecule has 3 rings (SSSR count). The molecule has 0 saturated carbocycles. The number of ether oxygens (including phenoxy) is 1. The quantitative estimate of drug-likeness (QED) is 0.140. The van der Waals surface area contributed by atoms with Crippen molar-refractivity contribution < 1.29 is 27.6 Å². The number of nitrogens with zero attached hydrogens (tertiary/aromatic N) is 1. The van der Waals surface area contributed by atoms with Gasteiger partial charge >= 0.3 is 5.97 Å². The number of benzene rings is 3. The van der Waals surface area contributed by atoms with Crippen LogP contribution in [0.5, 0.6) is 0 Å². The number of hydrogen-bond acceptors (Lipinski definition) is 6. The first-order valence-electron chi connectivity index (χ1n) is 11.9. The molecule has 3 aromatic carbocycles. The van der Waals surface area contributed by atoms with Crippen LogP contribution < -0.4 is 4.72 Å². The Kier molecular flexibility index (Phi) is 10.6. The lowest BCUT2D eigenvalue weighted by atomic mass is 10.1. The molecule has 0 aromatic heterocycles. The minimum atomic E-state index is -4.10. The number of alkyl halides is 1. The Hall–Kier alpha value is -3.47. The third-order valence-electron chi connectivity index (χ3n) is 5.29. The van der Waals surface area contributed by atoms with Crippen LogP contribution >= 0.6 is 15.9 Å². The number of amides is 1. The minimum Gasteiger partial charge on any atom is -0.463 e. The summed E-state index contributed by atoms with van der Waals surface area (Å²) >= 11 is 3.27. The van der Waals surface area contributed by atoms with E-state index in [1.54, 1.807) is 62.4 Å². The second kappa shape index (κ2) is 13.9. The van der Waals surface area contributed by atoms with E-state index in [2.05, 4.69) is 20.7 Å². The van der Waals surface area contributed by atoms with Crippen molar-refractivity contribution in [3.63, 3.8) is 0 Å². The maximum Gasteiger partial charge on any atom is 0.338 e. The molecule has 0 aliphatic rings. The first kappa shape index (κ1) is 29.1. The predicted molar refractivity (Wildman–Crippen MR) is 148 cm³/mol. The third-order valence-corrected chi connectivity index (χ3v) is 7.05. The fourth-order valence-corrected chi connectivity index (χ4v) is 4.78. The van der Waals surface area contributed by atoms with Gasteiger partial charge in [-0.1, -0.05) is 94.8 Å². The number of sulfonamides is 1. The molecule has 0 radical (unpaired) electrons. The molecule has 0 bridgehead atoms. The van der Waals surface area contributed by atoms with Gasteiger partial charge < -0.3 is 4.74 Å². The lowest BCUT2D eigenvalue weighted by Crippen LogP contribution is -2.39. The number of carbonyl (C=O) groups excluding carboxylic acids is 2. The molecule has 0 heterocycles. The molecule has 0 saturated heterocycles. The molecular weight excluding hydrogens is 572 g/mol. The van der Waals surface area contributed by atoms with Gasteiger partial charge in [0.25, 0.3) is 15.9 Å². The van der Waals surface area contributed by atoms with Crippen LogP contribution in [0, 0.1) is 0 Å². The van der Waals surface area contributed by atoms with Gasteiger partial charge in [0, 0.05) is 0 Å². The van der Waals surface area contributed by atoms with E-state index in [1.807, 2.05) is 30.3 Å². The maximum atomic E-state index is 13.3. The van der Waals surface area contributed by atoms with E-state index in [0.717, 1.165) is 10.6 Å². The van der Waals surface area contributed by atoms with Crippen molar-refractivity contribution in [3.05, 3.63) is 108 Å². The topological polar surface area (TPSA) is 102 Å². The summed E-state index contributed by atoms with van der Waals surface area (Å²) in [5, 5.41) is 1.04. The van der Waals surface area contributed by atoms with Crippen LogP contribution in [0.4, 0.5) is 0 Å². The number of nitrogens with one attached hydrogen (secondary N) is 1. The monoisotopic (exact) mass is 600 g/mol. The van der Waals surface area contributed by atoms with E-state index in [0.29, 0.717) is 5.56 Å². The lowest BCUT2D eigenvalue weighted by molar-refractivity contribution is -0.188. The van der Waals surface area contributed by atoms with Gasteiger partial charge in [0.05, 0.1) is 34.1 Å². The highest BCUT2D eigenvalue weighted by Gasteiger charge is 2.29. The van der Waals surface area contributed by atoms with Gasteiger partial charge in [0.2, 0.25) is 0 Å². The highest BCUT2D eigenvalue weighted by atomic mass is 79.9. The van der Waals surface area contributed by atoms with Crippen LogP contribution in [0.2, 0.25) is 0 Å². The Bertz CT molecular complexity index is 1350. The summed E-state index contributed by atoms with van der Waals surface area (Å²) in [6, 6.07) is 25.5. The zero-order valence-corrected chi connectivity index (χ0v) is 23.4.